The predicted octanol–water partition coefficient (Wildman–Crippen LogP) is 2.11. The van der Waals surface area contributed by atoms with E-state index in [1.165, 1.54) is 19.3 Å². The molecule has 0 atom stereocenters. The van der Waals surface area contributed by atoms with E-state index in [4.69, 9.17) is 0 Å². The minimum Gasteiger partial charge on any atom is -0.495 e. The summed E-state index contributed by atoms with van der Waals surface area (Å²) in [6.45, 7) is 0. The molecule has 0 aliphatic heterocycles. The number of allylic oxidation sites excluding steroid dienone is 4. The maximum Gasteiger partial charge on any atom is 0.307 e. The third-order valence-corrected chi connectivity index (χ3v) is 1.34. The molecule has 0 N–H and O–H groups in total. The third kappa shape index (κ3) is 1.17. The summed E-state index contributed by atoms with van der Waals surface area (Å²) in [4.78, 5) is 0. The largest absolute Gasteiger partial charge is 0.495 e. The highest BCUT2D eigenvalue weighted by atomic mass is 19.3. The third-order valence-electron chi connectivity index (χ3n) is 1.34. The Morgan fingerprint density at radius 2 is 2.30 bits per heavy atom. The van der Waals surface area contributed by atoms with Crippen LogP contribution < -0.4 is 0 Å². The van der Waals surface area contributed by atoms with Gasteiger partial charge in [0.15, 0.2) is 5.76 Å². The van der Waals surface area contributed by atoms with Crippen LogP contribution in [0.3, 0.4) is 0 Å². The minimum absolute atomic E-state index is 0.255. The number of ether oxygens (including phenoxy) is 1. The molecular formula is C7H8F2O. The molecule has 3 heteroatoms. The van der Waals surface area contributed by atoms with E-state index in [9.17, 15) is 8.78 Å². The van der Waals surface area contributed by atoms with Crippen LogP contribution in [0.5, 0.6) is 0 Å². The van der Waals surface area contributed by atoms with Crippen molar-refractivity contribution < 1.29 is 13.5 Å². The van der Waals surface area contributed by atoms with Gasteiger partial charge in [-0.25, -0.2) is 0 Å². The lowest BCUT2D eigenvalue weighted by molar-refractivity contribution is -0.00990. The molecule has 0 aromatic heterocycles. The first-order chi connectivity index (χ1) is 4.67. The smallest absolute Gasteiger partial charge is 0.307 e. The van der Waals surface area contributed by atoms with Crippen molar-refractivity contribution in [2.24, 2.45) is 0 Å². The number of hydrogen-bond donors (Lipinski definition) is 0. The summed E-state index contributed by atoms with van der Waals surface area (Å²) in [5, 5.41) is 0. The molecule has 0 amide bonds. The molecule has 1 aliphatic rings. The van der Waals surface area contributed by atoms with Crippen LogP contribution >= 0.6 is 0 Å². The van der Waals surface area contributed by atoms with E-state index in [1.54, 1.807) is 6.08 Å². The fraction of sp³-hybridized carbons (Fsp3) is 0.429. The van der Waals surface area contributed by atoms with E-state index in [2.05, 4.69) is 4.74 Å². The van der Waals surface area contributed by atoms with Gasteiger partial charge in [0.25, 0.3) is 0 Å². The van der Waals surface area contributed by atoms with Gasteiger partial charge in [-0.1, -0.05) is 12.2 Å². The standard InChI is InChI=1S/C7H8F2O/c1-10-6-4-2-3-5-7(6,8)9/h2-4H,5H2,1H3. The Kier molecular flexibility index (Phi) is 1.74. The second kappa shape index (κ2) is 2.40. The van der Waals surface area contributed by atoms with Gasteiger partial charge in [0, 0.05) is 6.42 Å². The number of rotatable bonds is 1. The number of methoxy groups -OCH3 is 1. The maximum absolute atomic E-state index is 12.6. The molecule has 1 rings (SSSR count). The molecule has 1 aliphatic carbocycles. The molecule has 10 heavy (non-hydrogen) atoms. The van der Waals surface area contributed by atoms with Gasteiger partial charge in [-0.3, -0.25) is 0 Å². The van der Waals surface area contributed by atoms with E-state index < -0.39 is 5.92 Å². The number of halogens is 2. The van der Waals surface area contributed by atoms with Gasteiger partial charge in [-0.05, 0) is 6.08 Å². The Hall–Kier alpha value is -0.860. The molecule has 0 saturated heterocycles. The Balaban J connectivity index is 2.81. The van der Waals surface area contributed by atoms with Gasteiger partial charge >= 0.3 is 5.92 Å². The van der Waals surface area contributed by atoms with E-state index in [-0.39, 0.29) is 12.2 Å². The first kappa shape index (κ1) is 7.25. The monoisotopic (exact) mass is 146 g/mol. The van der Waals surface area contributed by atoms with Gasteiger partial charge in [0.2, 0.25) is 0 Å². The average Bonchev–Trinajstić information content (AvgIpc) is 1.87. The van der Waals surface area contributed by atoms with Gasteiger partial charge < -0.3 is 4.74 Å². The average molecular weight is 146 g/mol. The van der Waals surface area contributed by atoms with Crippen molar-refractivity contribution in [3.8, 4) is 0 Å². The molecule has 0 heterocycles. The highest BCUT2D eigenvalue weighted by Crippen LogP contribution is 2.31. The van der Waals surface area contributed by atoms with E-state index in [0.717, 1.165) is 0 Å². The number of alkyl halides is 2. The van der Waals surface area contributed by atoms with Gasteiger partial charge in [0.05, 0.1) is 7.11 Å². The van der Waals surface area contributed by atoms with Crippen LogP contribution in [0.4, 0.5) is 8.78 Å². The van der Waals surface area contributed by atoms with Crippen molar-refractivity contribution in [1.82, 2.24) is 0 Å². The quantitative estimate of drug-likeness (QED) is 0.550. The van der Waals surface area contributed by atoms with Gasteiger partial charge in [-0.15, -0.1) is 0 Å². The van der Waals surface area contributed by atoms with Gasteiger partial charge in [0.1, 0.15) is 0 Å². The summed E-state index contributed by atoms with van der Waals surface area (Å²) in [6, 6.07) is 0. The van der Waals surface area contributed by atoms with Crippen LogP contribution in [0.1, 0.15) is 6.42 Å². The predicted molar refractivity (Wildman–Crippen MR) is 33.8 cm³/mol. The molecule has 0 unspecified atom stereocenters. The zero-order valence-electron chi connectivity index (χ0n) is 5.60. The molecule has 0 saturated carbocycles. The van der Waals surface area contributed by atoms with Crippen LogP contribution in [0.25, 0.3) is 0 Å². The number of hydrogen-bond acceptors (Lipinski definition) is 1. The lowest BCUT2D eigenvalue weighted by atomic mass is 10.1. The lowest BCUT2D eigenvalue weighted by Crippen LogP contribution is -2.21. The van der Waals surface area contributed by atoms with Crippen molar-refractivity contribution in [2.45, 2.75) is 12.3 Å². The van der Waals surface area contributed by atoms with Crippen LogP contribution in [-0.2, 0) is 4.74 Å². The molecular weight excluding hydrogens is 138 g/mol. The summed E-state index contributed by atoms with van der Waals surface area (Å²) >= 11 is 0. The van der Waals surface area contributed by atoms with Crippen molar-refractivity contribution in [3.05, 3.63) is 24.0 Å². The van der Waals surface area contributed by atoms with Crippen molar-refractivity contribution in [2.75, 3.05) is 7.11 Å². The Labute approximate surface area is 58.0 Å². The highest BCUT2D eigenvalue weighted by Gasteiger charge is 2.35. The maximum atomic E-state index is 12.6. The second-order valence-corrected chi connectivity index (χ2v) is 2.07. The normalized spacial score (nSPS) is 22.1. The van der Waals surface area contributed by atoms with E-state index >= 15 is 0 Å². The SMILES string of the molecule is COC1=CC=CCC1(F)F. The van der Waals surface area contributed by atoms with E-state index in [1.807, 2.05) is 0 Å². The van der Waals surface area contributed by atoms with Crippen LogP contribution in [0.2, 0.25) is 0 Å². The zero-order valence-corrected chi connectivity index (χ0v) is 5.60. The summed E-state index contributed by atoms with van der Waals surface area (Å²) in [5.74, 6) is -3.06. The van der Waals surface area contributed by atoms with Crippen molar-refractivity contribution in [1.29, 1.82) is 0 Å². The molecule has 1 nitrogen and oxygen atoms in total. The first-order valence-corrected chi connectivity index (χ1v) is 2.96. The summed E-state index contributed by atoms with van der Waals surface area (Å²) in [7, 11) is 1.25. The molecule has 0 radical (unpaired) electrons. The second-order valence-electron chi connectivity index (χ2n) is 2.07. The van der Waals surface area contributed by atoms with Crippen molar-refractivity contribution >= 4 is 0 Å². The Morgan fingerprint density at radius 3 is 2.70 bits per heavy atom. The van der Waals surface area contributed by atoms with Gasteiger partial charge in [-0.2, -0.15) is 8.78 Å². The topological polar surface area (TPSA) is 9.23 Å². The van der Waals surface area contributed by atoms with Crippen molar-refractivity contribution in [3.63, 3.8) is 0 Å². The first-order valence-electron chi connectivity index (χ1n) is 2.96. The summed E-state index contributed by atoms with van der Waals surface area (Å²) < 4.78 is 29.7. The minimum atomic E-state index is -2.80. The zero-order chi connectivity index (χ0) is 7.61. The lowest BCUT2D eigenvalue weighted by Gasteiger charge is -2.18. The molecule has 0 bridgehead atoms. The Morgan fingerprint density at radius 1 is 1.60 bits per heavy atom. The molecule has 0 aromatic rings. The summed E-state index contributed by atoms with van der Waals surface area (Å²) in [6.07, 6.45) is 4.01. The molecule has 0 spiro atoms. The summed E-state index contributed by atoms with van der Waals surface area (Å²) in [5.41, 5.74) is 0. The van der Waals surface area contributed by atoms with Crippen LogP contribution in [0.15, 0.2) is 24.0 Å². The Bertz CT molecular complexity index is 182. The fourth-order valence-electron chi connectivity index (χ4n) is 0.811. The highest BCUT2D eigenvalue weighted by molar-refractivity contribution is 5.20. The van der Waals surface area contributed by atoms with Crippen LogP contribution in [0, 0.1) is 0 Å². The fourth-order valence-corrected chi connectivity index (χ4v) is 0.811. The molecule has 0 fully saturated rings. The molecule has 56 valence electrons. The molecule has 0 aromatic carbocycles. The van der Waals surface area contributed by atoms with E-state index in [0.29, 0.717) is 0 Å². The van der Waals surface area contributed by atoms with Crippen LogP contribution in [-0.4, -0.2) is 13.0 Å².